The lowest BCUT2D eigenvalue weighted by atomic mass is 9.98. The van der Waals surface area contributed by atoms with Crippen LogP contribution in [0.25, 0.3) is 88.4 Å². The van der Waals surface area contributed by atoms with Crippen molar-refractivity contribution in [1.82, 2.24) is 9.13 Å². The van der Waals surface area contributed by atoms with Gasteiger partial charge in [0, 0.05) is 32.9 Å². The first kappa shape index (κ1) is 44.2. The van der Waals surface area contributed by atoms with Gasteiger partial charge >= 0.3 is 0 Å². The van der Waals surface area contributed by atoms with Crippen LogP contribution in [-0.2, 0) is 0 Å². The van der Waals surface area contributed by atoms with Crippen LogP contribution in [-0.4, -0.2) is 9.13 Å². The predicted octanol–water partition coefficient (Wildman–Crippen LogP) is 18.4. The van der Waals surface area contributed by atoms with Crippen molar-refractivity contribution in [2.24, 2.45) is 0 Å². The lowest BCUT2D eigenvalue weighted by molar-refractivity contribution is 1.09. The second-order valence-corrected chi connectivity index (χ2v) is 15.9. The summed E-state index contributed by atoms with van der Waals surface area (Å²) in [7, 11) is 0. The van der Waals surface area contributed by atoms with Crippen molar-refractivity contribution in [3.8, 4) is 39.1 Å². The van der Waals surface area contributed by atoms with Gasteiger partial charge in [-0.3, -0.25) is 0 Å². The van der Waals surface area contributed by atoms with Crippen LogP contribution in [0.1, 0.15) is 74.1 Å². The van der Waals surface area contributed by atoms with Gasteiger partial charge in [0.1, 0.15) is 0 Å². The van der Waals surface area contributed by atoms with E-state index >= 15 is 0 Å². The highest BCUT2D eigenvalue weighted by molar-refractivity contribution is 6.13. The van der Waals surface area contributed by atoms with E-state index in [9.17, 15) is 0 Å². The molecule has 2 heterocycles. The normalized spacial score (nSPS) is 12.0. The smallest absolute Gasteiger partial charge is 0.0541 e. The van der Waals surface area contributed by atoms with E-state index in [1.807, 2.05) is 13.8 Å². The molecule has 9 rings (SSSR count). The maximum Gasteiger partial charge on any atom is 0.0541 e. The molecule has 316 valence electrons. The Kier molecular flexibility index (Phi) is 14.9. The van der Waals surface area contributed by atoms with Crippen LogP contribution >= 0.6 is 0 Å². The maximum atomic E-state index is 2.44. The van der Waals surface area contributed by atoms with Crippen LogP contribution in [0.4, 0.5) is 0 Å². The summed E-state index contributed by atoms with van der Waals surface area (Å²) in [4.78, 5) is 0. The molecule has 0 aliphatic heterocycles. The van der Waals surface area contributed by atoms with Crippen molar-refractivity contribution in [1.29, 1.82) is 0 Å². The van der Waals surface area contributed by atoms with Gasteiger partial charge in [-0.05, 0) is 120 Å². The summed E-state index contributed by atoms with van der Waals surface area (Å²) in [5.74, 6) is 0. The fourth-order valence-corrected chi connectivity index (χ4v) is 8.37. The number of aromatic nitrogens is 2. The molecule has 0 bridgehead atoms. The van der Waals surface area contributed by atoms with Crippen LogP contribution in [0.5, 0.6) is 0 Å². The number of hydrogen-bond donors (Lipinski definition) is 0. The van der Waals surface area contributed by atoms with Gasteiger partial charge in [0.25, 0.3) is 0 Å². The summed E-state index contributed by atoms with van der Waals surface area (Å²) in [6, 6.07) is 60.1. The molecule has 2 heteroatoms. The van der Waals surface area contributed by atoms with Gasteiger partial charge in [0.2, 0.25) is 0 Å². The Labute approximate surface area is 375 Å². The standard InChI is InChI=1S/C56H48N2.C3H8.C2H6/c1-4-6-10-19-40(3)29-32-47(24-7-5-2)57-53-27-17-15-25-49(53)51-38-43(30-33-55(51)57)44-31-34-56-52(39-44)50-26-16-18-28-54(50)58(56)48-36-45(41-20-11-8-12-21-41)35-46(37-48)42-22-13-9-14-23-42;1-3-2;1-2/h6-28,30-39H,4-5,29H2,1-3H3;3H2,1-2H3;1-2H3/b10-6-,24-7-,40-19+,47-32+;;. The van der Waals surface area contributed by atoms with Gasteiger partial charge < -0.3 is 9.13 Å². The van der Waals surface area contributed by atoms with Crippen LogP contribution in [0.3, 0.4) is 0 Å². The first-order valence-electron chi connectivity index (χ1n) is 23.0. The second-order valence-electron chi connectivity index (χ2n) is 15.9. The van der Waals surface area contributed by atoms with Crippen LogP contribution in [0.15, 0.2) is 206 Å². The zero-order valence-corrected chi connectivity index (χ0v) is 38.3. The number of benzene rings is 7. The van der Waals surface area contributed by atoms with Crippen molar-refractivity contribution >= 4 is 49.3 Å². The Morgan fingerprint density at radius 2 is 0.937 bits per heavy atom. The molecule has 7 aromatic carbocycles. The van der Waals surface area contributed by atoms with Gasteiger partial charge in [0.05, 0.1) is 22.1 Å². The zero-order valence-electron chi connectivity index (χ0n) is 38.3. The lowest BCUT2D eigenvalue weighted by Gasteiger charge is -2.14. The number of rotatable bonds is 11. The molecule has 0 aliphatic carbocycles. The molecule has 2 aromatic heterocycles. The average Bonchev–Trinajstić information content (AvgIpc) is 3.85. The number of fused-ring (bicyclic) bond motifs is 6. The molecule has 0 fully saturated rings. The summed E-state index contributed by atoms with van der Waals surface area (Å²) in [5.41, 5.74) is 15.8. The molecular formula is C61H62N2. The second kappa shape index (κ2) is 21.3. The Balaban J connectivity index is 0.00000114. The number of allylic oxidation sites excluding steroid dienone is 8. The summed E-state index contributed by atoms with van der Waals surface area (Å²) < 4.78 is 4.89. The summed E-state index contributed by atoms with van der Waals surface area (Å²) >= 11 is 0. The molecule has 63 heavy (non-hydrogen) atoms. The zero-order chi connectivity index (χ0) is 44.1. The molecule has 9 aromatic rings. The molecule has 0 atom stereocenters. The van der Waals surface area contributed by atoms with E-state index in [0.29, 0.717) is 0 Å². The molecule has 0 spiro atoms. The largest absolute Gasteiger partial charge is 0.310 e. The van der Waals surface area contributed by atoms with E-state index in [1.165, 1.54) is 94.7 Å². The van der Waals surface area contributed by atoms with Crippen LogP contribution < -0.4 is 0 Å². The quantitative estimate of drug-likeness (QED) is 0.115. The average molecular weight is 823 g/mol. The molecule has 0 saturated heterocycles. The predicted molar refractivity (Wildman–Crippen MR) is 279 cm³/mol. The molecular weight excluding hydrogens is 761 g/mol. The number of hydrogen-bond acceptors (Lipinski definition) is 0. The Morgan fingerprint density at radius 1 is 0.460 bits per heavy atom. The molecule has 0 aliphatic rings. The number of nitrogens with zero attached hydrogens (tertiary/aromatic N) is 2. The first-order valence-corrected chi connectivity index (χ1v) is 23.0. The Morgan fingerprint density at radius 3 is 1.52 bits per heavy atom. The molecule has 0 amide bonds. The molecule has 0 unspecified atom stereocenters. The molecule has 0 radical (unpaired) electrons. The van der Waals surface area contributed by atoms with E-state index < -0.39 is 0 Å². The highest BCUT2D eigenvalue weighted by Crippen LogP contribution is 2.40. The highest BCUT2D eigenvalue weighted by atomic mass is 15.0. The van der Waals surface area contributed by atoms with Crippen molar-refractivity contribution in [2.45, 2.75) is 74.1 Å². The lowest BCUT2D eigenvalue weighted by Crippen LogP contribution is -1.96. The first-order chi connectivity index (χ1) is 31.0. The third-order valence-corrected chi connectivity index (χ3v) is 11.2. The van der Waals surface area contributed by atoms with Gasteiger partial charge in [-0.2, -0.15) is 0 Å². The third kappa shape index (κ3) is 9.62. The fourth-order valence-electron chi connectivity index (χ4n) is 8.37. The van der Waals surface area contributed by atoms with Crippen molar-refractivity contribution in [3.05, 3.63) is 206 Å². The fraction of sp³-hybridized carbons (Fsp3) is 0.180. The van der Waals surface area contributed by atoms with Gasteiger partial charge in [0.15, 0.2) is 0 Å². The van der Waals surface area contributed by atoms with E-state index in [0.717, 1.165) is 24.9 Å². The van der Waals surface area contributed by atoms with E-state index in [1.54, 1.807) is 0 Å². The van der Waals surface area contributed by atoms with Crippen molar-refractivity contribution in [3.63, 3.8) is 0 Å². The van der Waals surface area contributed by atoms with Crippen LogP contribution in [0.2, 0.25) is 0 Å². The third-order valence-electron chi connectivity index (χ3n) is 11.2. The summed E-state index contributed by atoms with van der Waals surface area (Å²) in [6.07, 6.45) is 17.7. The SMILES string of the molecule is CC.CC/C=C\C=C(/C)C/C=C(\C=C/CC)n1c2ccccc2c2cc(-c3ccc4c(c3)c3ccccc3n4-c3cc(-c4ccccc4)cc(-c4ccccc4)c3)ccc21.CCC. The monoisotopic (exact) mass is 822 g/mol. The highest BCUT2D eigenvalue weighted by Gasteiger charge is 2.17. The Bertz CT molecular complexity index is 3000. The molecule has 0 saturated carbocycles. The number of para-hydroxylation sites is 2. The minimum atomic E-state index is 0.890. The minimum Gasteiger partial charge on any atom is -0.310 e. The van der Waals surface area contributed by atoms with E-state index in [-0.39, 0.29) is 0 Å². The van der Waals surface area contributed by atoms with Gasteiger partial charge in [-0.25, -0.2) is 0 Å². The van der Waals surface area contributed by atoms with E-state index in [4.69, 9.17) is 0 Å². The molecule has 0 N–H and O–H groups in total. The summed E-state index contributed by atoms with van der Waals surface area (Å²) in [5, 5.41) is 5.01. The van der Waals surface area contributed by atoms with Crippen molar-refractivity contribution < 1.29 is 0 Å². The molecule has 2 nitrogen and oxygen atoms in total. The van der Waals surface area contributed by atoms with Crippen molar-refractivity contribution in [2.75, 3.05) is 0 Å². The van der Waals surface area contributed by atoms with E-state index in [2.05, 4.69) is 244 Å². The Hall–Kier alpha value is -6.90. The minimum absolute atomic E-state index is 0.890. The van der Waals surface area contributed by atoms with Gasteiger partial charge in [-0.1, -0.05) is 193 Å². The topological polar surface area (TPSA) is 9.86 Å². The van der Waals surface area contributed by atoms with Crippen LogP contribution in [0, 0.1) is 0 Å². The van der Waals surface area contributed by atoms with Gasteiger partial charge in [-0.15, -0.1) is 0 Å². The maximum absolute atomic E-state index is 2.44. The summed E-state index contributed by atoms with van der Waals surface area (Å²) in [6.45, 7) is 14.8.